The number of nitrogens with one attached hydrogen (secondary N) is 4. The smallest absolute Gasteiger partial charge is 0.437 e. The Morgan fingerprint density at radius 1 is 0.328 bits per heavy atom. The largest absolute Gasteiger partial charge is 0.460 e. The van der Waals surface area contributed by atoms with Crippen molar-refractivity contribution in [3.05, 3.63) is 119 Å². The van der Waals surface area contributed by atoms with Crippen molar-refractivity contribution in [2.24, 2.45) is 9.98 Å². The highest BCUT2D eigenvalue weighted by Crippen LogP contribution is 2.25. The van der Waals surface area contributed by atoms with Crippen LogP contribution in [0.5, 0.6) is 11.5 Å². The van der Waals surface area contributed by atoms with Crippen molar-refractivity contribution in [2.45, 2.75) is 249 Å². The Morgan fingerprint density at radius 2 is 0.598 bits per heavy atom. The highest BCUT2D eigenvalue weighted by Gasteiger charge is 2.40. The minimum Gasteiger partial charge on any atom is -0.460 e. The van der Waals surface area contributed by atoms with Crippen LogP contribution in [0.4, 0.5) is 40.1 Å². The Balaban J connectivity index is 1.35. The van der Waals surface area contributed by atoms with E-state index in [2.05, 4.69) is 31.3 Å². The molecule has 4 rings (SSSR count). The Kier molecular flexibility index (Phi) is 39.2. The van der Waals surface area contributed by atoms with Gasteiger partial charge in [-0.15, -0.1) is 9.98 Å². The van der Waals surface area contributed by atoms with E-state index in [9.17, 15) is 57.5 Å². The van der Waals surface area contributed by atoms with Gasteiger partial charge < -0.3 is 86.4 Å². The standard InChI is InChI=1S/C86H122N8O28/c1-79(2,3)115-65(95)51-63(69(99)117-81(7,8)9)93(77(105)111-53-55-25-37-61(38-26-55)113-67(97)57-29-33-59(34-30-57)87-71(89-73(101)119-83(13,14)15)90-74(102)120-84(16,17)18)41-43-107-45-47-109-49-50-110-48-46-108-44-42-94(64(70(100)118-82(10,11)12)52-66(96)116-80(4,5)6)78(106)112-54-56-27-39-62(40-28-56)114-68(98)58-31-35-60(36-32-58)88-72(91-75(103)121-85(19,20)21)92-76(104)122-86(22,23)24/h25-40,63-64H,41-54H2,1-24H3,(H2,87,89,90,101,102)(H2,88,91,92,103,104). The fraction of sp³-hybridized carbons (Fsp3) is 0.558. The van der Waals surface area contributed by atoms with E-state index >= 15 is 0 Å². The van der Waals surface area contributed by atoms with Gasteiger partial charge in [-0.05, 0) is 250 Å². The first-order valence-electron chi connectivity index (χ1n) is 39.4. The first-order chi connectivity index (χ1) is 56.3. The predicted molar refractivity (Wildman–Crippen MR) is 446 cm³/mol. The van der Waals surface area contributed by atoms with E-state index in [1.54, 1.807) is 190 Å². The van der Waals surface area contributed by atoms with Gasteiger partial charge in [0.25, 0.3) is 0 Å². The van der Waals surface area contributed by atoms with Gasteiger partial charge in [-0.2, -0.15) is 0 Å². The minimum atomic E-state index is -1.53. The third-order valence-electron chi connectivity index (χ3n) is 14.4. The number of carbonyl (C=O) groups excluding carboxylic acids is 12. The van der Waals surface area contributed by atoms with Crippen molar-refractivity contribution in [2.75, 3.05) is 76.6 Å². The van der Waals surface area contributed by atoms with Gasteiger partial charge in [0.05, 0.1) is 76.8 Å². The van der Waals surface area contributed by atoms with Crippen molar-refractivity contribution < 1.29 is 133 Å². The van der Waals surface area contributed by atoms with Gasteiger partial charge in [0.2, 0.25) is 11.9 Å². The summed E-state index contributed by atoms with van der Waals surface area (Å²) in [6.45, 7) is 38.3. The highest BCUT2D eigenvalue weighted by atomic mass is 16.6. The third-order valence-corrected chi connectivity index (χ3v) is 14.4. The van der Waals surface area contributed by atoms with Gasteiger partial charge in [-0.1, -0.05) is 24.3 Å². The van der Waals surface area contributed by atoms with E-state index in [1.807, 2.05) is 0 Å². The van der Waals surface area contributed by atoms with Crippen LogP contribution < -0.4 is 30.7 Å². The Hall–Kier alpha value is -11.5. The molecule has 4 N–H and O–H groups in total. The number of hydrogen-bond acceptors (Lipinski definition) is 28. The van der Waals surface area contributed by atoms with Crippen LogP contribution in [0.2, 0.25) is 0 Å². The lowest BCUT2D eigenvalue weighted by molar-refractivity contribution is -0.168. The molecular formula is C86H122N8O28. The van der Waals surface area contributed by atoms with Crippen LogP contribution in [0.3, 0.4) is 0 Å². The molecule has 0 aliphatic rings. The molecule has 2 atom stereocenters. The normalized spacial score (nSPS) is 12.8. The number of benzene rings is 4. The predicted octanol–water partition coefficient (Wildman–Crippen LogP) is 14.1. The molecule has 0 aromatic heterocycles. The molecule has 4 aromatic carbocycles. The molecule has 122 heavy (non-hydrogen) atoms. The van der Waals surface area contributed by atoms with Crippen molar-refractivity contribution in [3.63, 3.8) is 0 Å². The SMILES string of the molecule is CC(C)(C)OC(=O)CC(C(=O)OC(C)(C)C)N(CCOCCOCCOCCOCCN(C(=O)OCc1ccc(OC(=O)c2ccc(N/C(=N\C(=O)OC(C)(C)C)NC(=O)OC(C)(C)C)cc2)cc1)C(CC(=O)OC(C)(C)C)C(=O)OC(C)(C)C)C(=O)OCc1ccc(OC(=O)c2ccc(N/C(=N\C(=O)OC(C)(C)C)NC(=O)OC(C)(C)C)cc2)cc1. The zero-order valence-corrected chi connectivity index (χ0v) is 74.5. The van der Waals surface area contributed by atoms with Crippen LogP contribution in [0.25, 0.3) is 0 Å². The maximum Gasteiger partial charge on any atom is 0.437 e. The fourth-order valence-electron chi connectivity index (χ4n) is 9.77. The molecule has 4 aromatic rings. The van der Waals surface area contributed by atoms with Gasteiger partial charge in [-0.3, -0.25) is 30.0 Å². The number of amides is 6. The summed E-state index contributed by atoms with van der Waals surface area (Å²) in [6.07, 6.45) is -7.00. The molecular weight excluding hydrogens is 1590 g/mol. The van der Waals surface area contributed by atoms with Gasteiger partial charge in [0.1, 0.15) is 81.6 Å². The van der Waals surface area contributed by atoms with E-state index in [-0.39, 0.29) is 114 Å². The zero-order valence-electron chi connectivity index (χ0n) is 74.5. The average molecular weight is 1720 g/mol. The van der Waals surface area contributed by atoms with E-state index < -0.39 is 142 Å². The molecule has 0 radical (unpaired) electrons. The van der Waals surface area contributed by atoms with Crippen molar-refractivity contribution in [1.82, 2.24) is 20.4 Å². The lowest BCUT2D eigenvalue weighted by atomic mass is 10.1. The van der Waals surface area contributed by atoms with Crippen LogP contribution >= 0.6 is 0 Å². The second-order valence-electron chi connectivity index (χ2n) is 35.2. The average Bonchev–Trinajstić information content (AvgIpc) is 0.829. The van der Waals surface area contributed by atoms with Gasteiger partial charge in [0, 0.05) is 24.5 Å². The molecule has 36 nitrogen and oxygen atoms in total. The fourth-order valence-corrected chi connectivity index (χ4v) is 9.77. The lowest BCUT2D eigenvalue weighted by Gasteiger charge is -2.32. The number of hydrogen-bond donors (Lipinski definition) is 4. The van der Waals surface area contributed by atoms with Gasteiger partial charge in [-0.25, -0.2) is 47.9 Å². The summed E-state index contributed by atoms with van der Waals surface area (Å²) in [5.41, 5.74) is -5.72. The molecule has 674 valence electrons. The van der Waals surface area contributed by atoms with Crippen molar-refractivity contribution in [1.29, 1.82) is 0 Å². The van der Waals surface area contributed by atoms with E-state index in [4.69, 9.17) is 75.8 Å². The summed E-state index contributed by atoms with van der Waals surface area (Å²) < 4.78 is 89.4. The van der Waals surface area contributed by atoms with Crippen molar-refractivity contribution >= 4 is 95.7 Å². The third kappa shape index (κ3) is 44.7. The van der Waals surface area contributed by atoms with E-state index in [1.165, 1.54) is 72.8 Å². The number of guanidine groups is 2. The Bertz CT molecular complexity index is 3940. The summed E-state index contributed by atoms with van der Waals surface area (Å²) >= 11 is 0. The second-order valence-corrected chi connectivity index (χ2v) is 35.2. The van der Waals surface area contributed by atoms with Gasteiger partial charge in [0.15, 0.2) is 0 Å². The summed E-state index contributed by atoms with van der Waals surface area (Å²) in [7, 11) is 0. The molecule has 6 amide bonds. The first-order valence-corrected chi connectivity index (χ1v) is 39.4. The summed E-state index contributed by atoms with van der Waals surface area (Å²) in [5, 5.41) is 10.4. The van der Waals surface area contributed by atoms with Crippen LogP contribution in [-0.2, 0) is 98.7 Å². The molecule has 0 bridgehead atoms. The van der Waals surface area contributed by atoms with Crippen LogP contribution in [0.1, 0.15) is 211 Å². The lowest BCUT2D eigenvalue weighted by Crippen LogP contribution is -2.50. The summed E-state index contributed by atoms with van der Waals surface area (Å²) in [5.74, 6) is -5.27. The van der Waals surface area contributed by atoms with Crippen LogP contribution in [0, 0.1) is 0 Å². The molecule has 0 aliphatic carbocycles. The summed E-state index contributed by atoms with van der Waals surface area (Å²) in [6, 6.07) is 20.6. The number of carbonyl (C=O) groups is 12. The quantitative estimate of drug-likeness (QED) is 0.00859. The van der Waals surface area contributed by atoms with Crippen LogP contribution in [0.15, 0.2) is 107 Å². The Morgan fingerprint density at radius 3 is 0.869 bits per heavy atom. The van der Waals surface area contributed by atoms with E-state index in [0.717, 1.165) is 9.80 Å². The van der Waals surface area contributed by atoms with Crippen molar-refractivity contribution in [3.8, 4) is 11.5 Å². The number of rotatable bonds is 33. The molecule has 0 aliphatic heterocycles. The number of alkyl carbamates (subject to hydrolysis) is 2. The topological polar surface area (TPSA) is 432 Å². The minimum absolute atomic E-state index is 0.0109. The monoisotopic (exact) mass is 1710 g/mol. The number of aliphatic imine (C=N–C) groups is 2. The molecule has 36 heteroatoms. The molecule has 0 heterocycles. The first kappa shape index (κ1) is 103. The molecule has 0 saturated heterocycles. The molecule has 0 saturated carbocycles. The molecule has 0 fully saturated rings. The Labute approximate surface area is 712 Å². The number of esters is 6. The number of nitrogens with zero attached hydrogens (tertiary/aromatic N) is 4. The van der Waals surface area contributed by atoms with Crippen LogP contribution in [-0.4, -0.2) is 217 Å². The number of anilines is 2. The highest BCUT2D eigenvalue weighted by molar-refractivity contribution is 6.07. The van der Waals surface area contributed by atoms with Gasteiger partial charge >= 0.3 is 72.4 Å². The van der Waals surface area contributed by atoms with E-state index in [0.29, 0.717) is 22.5 Å². The maximum absolute atomic E-state index is 14.2. The zero-order chi connectivity index (χ0) is 91.8. The molecule has 0 spiro atoms. The molecule has 2 unspecified atom stereocenters. The second kappa shape index (κ2) is 46.5. The maximum atomic E-state index is 14.2. The summed E-state index contributed by atoms with van der Waals surface area (Å²) in [4.78, 5) is 170. The number of ether oxygens (including phenoxy) is 16.